The van der Waals surface area contributed by atoms with Gasteiger partial charge in [-0.05, 0) is 56.0 Å². The summed E-state index contributed by atoms with van der Waals surface area (Å²) in [5.41, 5.74) is 2.36. The molecule has 2 aliphatic rings. The highest BCUT2D eigenvalue weighted by Crippen LogP contribution is 2.49. The van der Waals surface area contributed by atoms with Gasteiger partial charge in [0.15, 0.2) is 17.3 Å². The predicted octanol–water partition coefficient (Wildman–Crippen LogP) is 5.63. The van der Waals surface area contributed by atoms with E-state index in [9.17, 15) is 9.59 Å². The zero-order valence-electron chi connectivity index (χ0n) is 20.1. The molecule has 1 unspecified atom stereocenters. The Kier molecular flexibility index (Phi) is 7.26. The lowest BCUT2D eigenvalue weighted by Crippen LogP contribution is -2.38. The molecule has 8 heteroatoms. The van der Waals surface area contributed by atoms with Crippen molar-refractivity contribution in [1.82, 2.24) is 0 Å². The third-order valence-corrected chi connectivity index (χ3v) is 6.95. The Morgan fingerprint density at radius 3 is 2.54 bits per heavy atom. The smallest absolute Gasteiger partial charge is 0.315 e. The molecule has 0 fully saturated rings. The topological polar surface area (TPSA) is 74.2 Å². The molecule has 2 aromatic rings. The molecule has 0 saturated carbocycles. The number of ketones is 1. The van der Waals surface area contributed by atoms with E-state index in [1.807, 2.05) is 12.1 Å². The number of carbonyl (C=O) groups excluding carboxylic acids is 2. The van der Waals surface area contributed by atoms with Gasteiger partial charge < -0.3 is 14.2 Å². The van der Waals surface area contributed by atoms with Gasteiger partial charge in [0.25, 0.3) is 0 Å². The number of benzene rings is 2. The van der Waals surface area contributed by atoms with E-state index < -0.39 is 23.6 Å². The molecule has 1 aliphatic heterocycles. The molecule has 0 radical (unpaired) electrons. The summed E-state index contributed by atoms with van der Waals surface area (Å²) in [5, 5.41) is 0.153. The maximum Gasteiger partial charge on any atom is 0.315 e. The van der Waals surface area contributed by atoms with Gasteiger partial charge in [-0.2, -0.15) is 0 Å². The summed E-state index contributed by atoms with van der Waals surface area (Å²) in [6.07, 6.45) is 0.632. The van der Waals surface area contributed by atoms with Gasteiger partial charge >= 0.3 is 5.97 Å². The standard InChI is InChI=1S/C27H27ClFNO5/c1-5-35-27(32)23-14(2)30-19-11-16(15-9-10-21(33-3)22(13-15)34-4)12-20(31)25(19)26(23)24-17(28)7-6-8-18(24)29/h6-10,13,16,23,26H,5,11-12H2,1-4H3/t16-,23?,26-/m1/s1. The highest BCUT2D eigenvalue weighted by molar-refractivity contribution is 6.31. The van der Waals surface area contributed by atoms with E-state index in [1.54, 1.807) is 40.2 Å². The number of rotatable bonds is 6. The molecule has 2 aromatic carbocycles. The first-order valence-electron chi connectivity index (χ1n) is 11.4. The van der Waals surface area contributed by atoms with E-state index in [4.69, 9.17) is 25.8 Å². The van der Waals surface area contributed by atoms with Gasteiger partial charge in [0.05, 0.1) is 20.8 Å². The van der Waals surface area contributed by atoms with Crippen LogP contribution in [0.3, 0.4) is 0 Å². The van der Waals surface area contributed by atoms with Crippen LogP contribution in [0.2, 0.25) is 5.02 Å². The number of carbonyl (C=O) groups is 2. The Balaban J connectivity index is 1.82. The molecule has 1 heterocycles. The summed E-state index contributed by atoms with van der Waals surface area (Å²) in [7, 11) is 3.12. The van der Waals surface area contributed by atoms with Crippen LogP contribution in [-0.4, -0.2) is 38.3 Å². The first kappa shape index (κ1) is 24.9. The average Bonchev–Trinajstić information content (AvgIpc) is 2.83. The van der Waals surface area contributed by atoms with Crippen LogP contribution in [0.25, 0.3) is 0 Å². The third-order valence-electron chi connectivity index (χ3n) is 6.62. The minimum Gasteiger partial charge on any atom is -0.493 e. The fraction of sp³-hybridized carbons (Fsp3) is 0.370. The van der Waals surface area contributed by atoms with Crippen molar-refractivity contribution in [1.29, 1.82) is 0 Å². The van der Waals surface area contributed by atoms with Gasteiger partial charge in [-0.15, -0.1) is 0 Å². The Labute approximate surface area is 208 Å². The van der Waals surface area contributed by atoms with Crippen LogP contribution in [0.5, 0.6) is 11.5 Å². The molecule has 0 aromatic heterocycles. The number of hydrogen-bond donors (Lipinski definition) is 0. The monoisotopic (exact) mass is 499 g/mol. The van der Waals surface area contributed by atoms with E-state index in [0.29, 0.717) is 34.9 Å². The number of nitrogens with zero attached hydrogens (tertiary/aromatic N) is 1. The molecule has 0 bridgehead atoms. The predicted molar refractivity (Wildman–Crippen MR) is 131 cm³/mol. The van der Waals surface area contributed by atoms with Gasteiger partial charge in [-0.1, -0.05) is 23.7 Å². The fourth-order valence-corrected chi connectivity index (χ4v) is 5.34. The molecule has 0 saturated heterocycles. The Morgan fingerprint density at radius 2 is 1.89 bits per heavy atom. The van der Waals surface area contributed by atoms with Crippen LogP contribution < -0.4 is 9.47 Å². The van der Waals surface area contributed by atoms with Gasteiger partial charge in [-0.3, -0.25) is 14.6 Å². The van der Waals surface area contributed by atoms with E-state index in [-0.39, 0.29) is 35.3 Å². The summed E-state index contributed by atoms with van der Waals surface area (Å²) in [5.74, 6) is -2.17. The van der Waals surface area contributed by atoms with E-state index >= 15 is 4.39 Å². The SMILES string of the molecule is CCOC(=O)C1C(C)=NC2=C(C(=O)C[C@H](c3ccc(OC)c(OC)c3)C2)[C@H]1c1c(F)cccc1Cl. The number of hydrogen-bond acceptors (Lipinski definition) is 6. The van der Waals surface area contributed by atoms with Gasteiger partial charge in [0, 0.05) is 39.9 Å². The largest absolute Gasteiger partial charge is 0.493 e. The summed E-state index contributed by atoms with van der Waals surface area (Å²) < 4.78 is 31.2. The fourth-order valence-electron chi connectivity index (χ4n) is 5.06. The molecular formula is C27H27ClFNO5. The summed E-state index contributed by atoms with van der Waals surface area (Å²) in [6, 6.07) is 9.89. The zero-order chi connectivity index (χ0) is 25.3. The number of allylic oxidation sites excluding steroid dienone is 2. The highest BCUT2D eigenvalue weighted by atomic mass is 35.5. The van der Waals surface area contributed by atoms with Crippen molar-refractivity contribution < 1.29 is 28.2 Å². The molecule has 0 spiro atoms. The van der Waals surface area contributed by atoms with Gasteiger partial charge in [-0.25, -0.2) is 4.39 Å². The second-order valence-corrected chi connectivity index (χ2v) is 9.01. The first-order chi connectivity index (χ1) is 16.8. The molecule has 1 aliphatic carbocycles. The Bertz CT molecular complexity index is 1220. The molecule has 0 amide bonds. The number of halogens is 2. The number of Topliss-reactive ketones (excluding diaryl/α,β-unsaturated/α-hetero) is 1. The quantitative estimate of drug-likeness (QED) is 0.481. The number of methoxy groups -OCH3 is 2. The average molecular weight is 500 g/mol. The molecule has 3 atom stereocenters. The molecule has 0 N–H and O–H groups in total. The Hall–Kier alpha value is -3.19. The summed E-state index contributed by atoms with van der Waals surface area (Å²) in [6.45, 7) is 3.56. The van der Waals surface area contributed by atoms with Crippen molar-refractivity contribution in [3.8, 4) is 11.5 Å². The molecule has 4 rings (SSSR count). The lowest BCUT2D eigenvalue weighted by molar-refractivity contribution is -0.146. The van der Waals surface area contributed by atoms with Crippen molar-refractivity contribution in [2.24, 2.45) is 10.9 Å². The molecular weight excluding hydrogens is 473 g/mol. The minimum atomic E-state index is -0.940. The van der Waals surface area contributed by atoms with E-state index in [2.05, 4.69) is 4.99 Å². The normalized spacial score (nSPS) is 21.8. The van der Waals surface area contributed by atoms with Crippen LogP contribution in [0, 0.1) is 11.7 Å². The van der Waals surface area contributed by atoms with Crippen molar-refractivity contribution >= 4 is 29.1 Å². The second-order valence-electron chi connectivity index (χ2n) is 8.60. The van der Waals surface area contributed by atoms with Gasteiger partial charge in [0.2, 0.25) is 0 Å². The summed E-state index contributed by atoms with van der Waals surface area (Å²) in [4.78, 5) is 31.3. The van der Waals surface area contributed by atoms with Crippen LogP contribution in [0.15, 0.2) is 52.7 Å². The van der Waals surface area contributed by atoms with Crippen molar-refractivity contribution in [3.05, 3.63) is 69.6 Å². The van der Waals surface area contributed by atoms with Crippen LogP contribution in [0.1, 0.15) is 49.7 Å². The van der Waals surface area contributed by atoms with Crippen LogP contribution in [-0.2, 0) is 14.3 Å². The first-order valence-corrected chi connectivity index (χ1v) is 11.8. The number of esters is 1. The van der Waals surface area contributed by atoms with Crippen LogP contribution >= 0.6 is 11.6 Å². The zero-order valence-corrected chi connectivity index (χ0v) is 20.8. The number of aliphatic imine (C=N–C) groups is 1. The summed E-state index contributed by atoms with van der Waals surface area (Å²) >= 11 is 6.43. The molecule has 6 nitrogen and oxygen atoms in total. The second kappa shape index (κ2) is 10.2. The Morgan fingerprint density at radius 1 is 1.14 bits per heavy atom. The lowest BCUT2D eigenvalue weighted by Gasteiger charge is -2.37. The maximum atomic E-state index is 15.1. The van der Waals surface area contributed by atoms with Gasteiger partial charge in [0.1, 0.15) is 11.7 Å². The van der Waals surface area contributed by atoms with E-state index in [0.717, 1.165) is 5.56 Å². The molecule has 184 valence electrons. The van der Waals surface area contributed by atoms with Crippen LogP contribution in [0.4, 0.5) is 4.39 Å². The van der Waals surface area contributed by atoms with Crippen molar-refractivity contribution in [3.63, 3.8) is 0 Å². The van der Waals surface area contributed by atoms with Crippen molar-refractivity contribution in [2.45, 2.75) is 38.5 Å². The maximum absolute atomic E-state index is 15.1. The third kappa shape index (κ3) is 4.57. The number of ether oxygens (including phenoxy) is 3. The minimum absolute atomic E-state index is 0.117. The van der Waals surface area contributed by atoms with E-state index in [1.165, 1.54) is 12.1 Å². The molecule has 35 heavy (non-hydrogen) atoms. The highest BCUT2D eigenvalue weighted by Gasteiger charge is 2.46. The van der Waals surface area contributed by atoms with Crippen molar-refractivity contribution in [2.75, 3.05) is 20.8 Å². The lowest BCUT2D eigenvalue weighted by atomic mass is 9.69.